The van der Waals surface area contributed by atoms with Crippen molar-refractivity contribution in [2.24, 2.45) is 0 Å². The first-order valence-corrected chi connectivity index (χ1v) is 8.53. The highest BCUT2D eigenvalue weighted by molar-refractivity contribution is 6.43. The minimum Gasteiger partial charge on any atom is -0.372 e. The molecule has 0 heterocycles. The van der Waals surface area contributed by atoms with Gasteiger partial charge in [0, 0.05) is 35.7 Å². The Morgan fingerprint density at radius 2 is 1.19 bits per heavy atom. The third-order valence-electron chi connectivity index (χ3n) is 4.01. The van der Waals surface area contributed by atoms with Crippen molar-refractivity contribution in [1.29, 1.82) is 0 Å². The molecule has 0 unspecified atom stereocenters. The first-order chi connectivity index (χ1) is 12.4. The molecule has 2 amide bonds. The Kier molecular flexibility index (Phi) is 6.49. The van der Waals surface area contributed by atoms with Crippen molar-refractivity contribution >= 4 is 34.7 Å². The van der Waals surface area contributed by atoms with Gasteiger partial charge in [0.1, 0.15) is 0 Å². The summed E-state index contributed by atoms with van der Waals surface area (Å²) in [5.74, 6) is -1.58. The van der Waals surface area contributed by atoms with E-state index >= 15 is 0 Å². The monoisotopic (exact) mass is 353 g/mol. The summed E-state index contributed by atoms with van der Waals surface area (Å²) in [5.41, 5.74) is 2.60. The zero-order valence-electron chi connectivity index (χ0n) is 15.2. The normalized spacial score (nSPS) is 10.1. The lowest BCUT2D eigenvalue weighted by Crippen LogP contribution is -2.29. The van der Waals surface area contributed by atoms with Crippen molar-refractivity contribution in [2.45, 2.75) is 20.8 Å². The summed E-state index contributed by atoms with van der Waals surface area (Å²) in [7, 11) is 0. The van der Waals surface area contributed by atoms with E-state index in [9.17, 15) is 14.4 Å². The van der Waals surface area contributed by atoms with Crippen LogP contribution in [0.5, 0.6) is 0 Å². The molecule has 0 saturated carbocycles. The number of anilines is 3. The van der Waals surface area contributed by atoms with Gasteiger partial charge in [0.25, 0.3) is 0 Å². The average Bonchev–Trinajstić information content (AvgIpc) is 2.64. The molecule has 2 N–H and O–H groups in total. The fourth-order valence-electron chi connectivity index (χ4n) is 2.51. The van der Waals surface area contributed by atoms with E-state index in [4.69, 9.17) is 0 Å². The molecule has 6 nitrogen and oxygen atoms in total. The molecule has 0 aromatic heterocycles. The summed E-state index contributed by atoms with van der Waals surface area (Å²) in [5, 5.41) is 5.08. The Morgan fingerprint density at radius 1 is 0.769 bits per heavy atom. The predicted molar refractivity (Wildman–Crippen MR) is 104 cm³/mol. The highest BCUT2D eigenvalue weighted by Crippen LogP contribution is 2.18. The Hall–Kier alpha value is -3.15. The van der Waals surface area contributed by atoms with E-state index in [1.165, 1.54) is 6.92 Å². The molecule has 2 rings (SSSR count). The molecular formula is C20H23N3O3. The van der Waals surface area contributed by atoms with E-state index in [0.717, 1.165) is 18.8 Å². The topological polar surface area (TPSA) is 78.5 Å². The highest BCUT2D eigenvalue weighted by Gasteiger charge is 2.14. The second-order valence-corrected chi connectivity index (χ2v) is 5.76. The SMILES string of the molecule is CCN(CC)c1ccc(NC(=O)C(=O)Nc2ccc(C(C)=O)cc2)cc1. The number of nitrogens with zero attached hydrogens (tertiary/aromatic N) is 1. The van der Waals surface area contributed by atoms with Gasteiger partial charge in [-0.2, -0.15) is 0 Å². The highest BCUT2D eigenvalue weighted by atomic mass is 16.2. The van der Waals surface area contributed by atoms with Crippen LogP contribution in [-0.4, -0.2) is 30.7 Å². The van der Waals surface area contributed by atoms with Crippen molar-refractivity contribution in [1.82, 2.24) is 0 Å². The molecule has 0 atom stereocenters. The summed E-state index contributed by atoms with van der Waals surface area (Å²) in [6.45, 7) is 7.41. The molecule has 136 valence electrons. The number of benzene rings is 2. The summed E-state index contributed by atoms with van der Waals surface area (Å²) in [6, 6.07) is 13.7. The zero-order valence-corrected chi connectivity index (χ0v) is 15.2. The van der Waals surface area contributed by atoms with Crippen LogP contribution >= 0.6 is 0 Å². The van der Waals surface area contributed by atoms with E-state index in [2.05, 4.69) is 29.4 Å². The van der Waals surface area contributed by atoms with Gasteiger partial charge < -0.3 is 15.5 Å². The Balaban J connectivity index is 1.96. The van der Waals surface area contributed by atoms with Gasteiger partial charge in [0.2, 0.25) is 0 Å². The van der Waals surface area contributed by atoms with Crippen LogP contribution in [0.2, 0.25) is 0 Å². The van der Waals surface area contributed by atoms with E-state index < -0.39 is 11.8 Å². The van der Waals surface area contributed by atoms with Crippen LogP contribution in [0.1, 0.15) is 31.1 Å². The maximum Gasteiger partial charge on any atom is 0.314 e. The van der Waals surface area contributed by atoms with Crippen molar-refractivity contribution < 1.29 is 14.4 Å². The maximum atomic E-state index is 12.0. The summed E-state index contributed by atoms with van der Waals surface area (Å²) >= 11 is 0. The number of nitrogens with one attached hydrogen (secondary N) is 2. The number of Topliss-reactive ketones (excluding diaryl/α,β-unsaturated/α-hetero) is 1. The summed E-state index contributed by atoms with van der Waals surface area (Å²) < 4.78 is 0. The van der Waals surface area contributed by atoms with Gasteiger partial charge in [0.15, 0.2) is 5.78 Å². The van der Waals surface area contributed by atoms with Crippen LogP contribution in [0.4, 0.5) is 17.1 Å². The third kappa shape index (κ3) is 4.92. The van der Waals surface area contributed by atoms with Gasteiger partial charge in [-0.15, -0.1) is 0 Å². The average molecular weight is 353 g/mol. The smallest absolute Gasteiger partial charge is 0.314 e. The predicted octanol–water partition coefficient (Wildman–Crippen LogP) is 3.31. The standard InChI is InChI=1S/C20H23N3O3/c1-4-23(5-2)18-12-10-17(11-13-18)22-20(26)19(25)21-16-8-6-15(7-9-16)14(3)24/h6-13H,4-5H2,1-3H3,(H,21,25)(H,22,26). The van der Waals surface area contributed by atoms with Gasteiger partial charge in [-0.3, -0.25) is 14.4 Å². The molecule has 0 spiro atoms. The molecule has 0 aliphatic carbocycles. The van der Waals surface area contributed by atoms with Gasteiger partial charge in [0.05, 0.1) is 0 Å². The fourth-order valence-corrected chi connectivity index (χ4v) is 2.51. The number of carbonyl (C=O) groups excluding carboxylic acids is 3. The summed E-state index contributed by atoms with van der Waals surface area (Å²) in [4.78, 5) is 37.5. The number of rotatable bonds is 6. The number of hydrogen-bond acceptors (Lipinski definition) is 4. The lowest BCUT2D eigenvalue weighted by molar-refractivity contribution is -0.132. The van der Waals surface area contributed by atoms with Crippen molar-refractivity contribution in [2.75, 3.05) is 28.6 Å². The number of ketones is 1. The molecule has 26 heavy (non-hydrogen) atoms. The molecule has 0 aliphatic rings. The number of amides is 2. The Labute approximate surface area is 153 Å². The lowest BCUT2D eigenvalue weighted by Gasteiger charge is -2.21. The van der Waals surface area contributed by atoms with E-state index in [0.29, 0.717) is 16.9 Å². The molecule has 0 fully saturated rings. The zero-order chi connectivity index (χ0) is 19.1. The maximum absolute atomic E-state index is 12.0. The first-order valence-electron chi connectivity index (χ1n) is 8.53. The molecule has 0 saturated heterocycles. The number of hydrogen-bond donors (Lipinski definition) is 2. The molecule has 0 radical (unpaired) electrons. The Bertz CT molecular complexity index is 779. The second-order valence-electron chi connectivity index (χ2n) is 5.76. The second kappa shape index (κ2) is 8.80. The van der Waals surface area contributed by atoms with Gasteiger partial charge in [-0.1, -0.05) is 0 Å². The molecule has 2 aromatic rings. The van der Waals surface area contributed by atoms with Crippen LogP contribution in [0.15, 0.2) is 48.5 Å². The van der Waals surface area contributed by atoms with Crippen LogP contribution in [-0.2, 0) is 9.59 Å². The molecule has 0 bridgehead atoms. The van der Waals surface area contributed by atoms with Crippen LogP contribution < -0.4 is 15.5 Å². The van der Waals surface area contributed by atoms with E-state index in [1.54, 1.807) is 36.4 Å². The first kappa shape index (κ1) is 19.2. The number of carbonyl (C=O) groups is 3. The van der Waals surface area contributed by atoms with Crippen molar-refractivity contribution in [3.05, 3.63) is 54.1 Å². The third-order valence-corrected chi connectivity index (χ3v) is 4.01. The fraction of sp³-hybridized carbons (Fsp3) is 0.250. The van der Waals surface area contributed by atoms with Gasteiger partial charge in [-0.25, -0.2) is 0 Å². The quantitative estimate of drug-likeness (QED) is 0.617. The minimum atomic E-state index is -0.770. The van der Waals surface area contributed by atoms with Crippen LogP contribution in [0, 0.1) is 0 Å². The minimum absolute atomic E-state index is 0.0613. The molecule has 0 aliphatic heterocycles. The molecule has 6 heteroatoms. The van der Waals surface area contributed by atoms with E-state index in [1.807, 2.05) is 12.1 Å². The van der Waals surface area contributed by atoms with Crippen LogP contribution in [0.25, 0.3) is 0 Å². The lowest BCUT2D eigenvalue weighted by atomic mass is 10.1. The summed E-state index contributed by atoms with van der Waals surface area (Å²) in [6.07, 6.45) is 0. The Morgan fingerprint density at radius 3 is 1.58 bits per heavy atom. The van der Waals surface area contributed by atoms with Gasteiger partial charge in [-0.05, 0) is 69.3 Å². The largest absolute Gasteiger partial charge is 0.372 e. The molecule has 2 aromatic carbocycles. The van der Waals surface area contributed by atoms with Crippen molar-refractivity contribution in [3.63, 3.8) is 0 Å². The van der Waals surface area contributed by atoms with Crippen molar-refractivity contribution in [3.8, 4) is 0 Å². The molecular weight excluding hydrogens is 330 g/mol. The van der Waals surface area contributed by atoms with Gasteiger partial charge >= 0.3 is 11.8 Å². The van der Waals surface area contributed by atoms with E-state index in [-0.39, 0.29) is 5.78 Å². The van der Waals surface area contributed by atoms with Crippen LogP contribution in [0.3, 0.4) is 0 Å².